The largest absolute Gasteiger partial charge is 0.360 e. The van der Waals surface area contributed by atoms with Gasteiger partial charge in [0, 0.05) is 38.4 Å². The van der Waals surface area contributed by atoms with Crippen molar-refractivity contribution in [2.24, 2.45) is 10.9 Å². The zero-order valence-electron chi connectivity index (χ0n) is 16.3. The molecule has 0 aromatic heterocycles. The second-order valence-corrected chi connectivity index (χ2v) is 7.46. The van der Waals surface area contributed by atoms with Crippen molar-refractivity contribution in [1.82, 2.24) is 16.0 Å². The van der Waals surface area contributed by atoms with Crippen molar-refractivity contribution in [1.29, 1.82) is 0 Å². The number of anilines is 1. The fourth-order valence-corrected chi connectivity index (χ4v) is 3.66. The maximum atomic E-state index is 11.5. The fraction of sp³-hybridized carbons (Fsp3) is 0.600. The molecule has 1 aromatic carbocycles. The molecule has 1 aliphatic heterocycles. The summed E-state index contributed by atoms with van der Waals surface area (Å²) in [6.07, 6.45) is 5.04. The van der Waals surface area contributed by atoms with Crippen LogP contribution >= 0.6 is 24.0 Å². The Kier molecular flexibility index (Phi) is 8.66. The van der Waals surface area contributed by atoms with Gasteiger partial charge in [-0.2, -0.15) is 0 Å². The lowest BCUT2D eigenvalue weighted by atomic mass is 9.87. The number of carbonyl (C=O) groups excluding carboxylic acids is 1. The standard InChI is InChI=1S/C20H31N5O.HI/c1-15-3-7-17(8-4-15)24-20(21-2)23-13-16-5-9-18(10-6-16)25-12-11-22-19(26)14-25;/h5-6,9-10,15,17H,3-4,7-8,11-14H2,1-2H3,(H,22,26)(H2,21,23,24);1H. The number of amides is 1. The molecule has 0 bridgehead atoms. The van der Waals surface area contributed by atoms with Crippen LogP contribution in [0.25, 0.3) is 0 Å². The smallest absolute Gasteiger partial charge is 0.239 e. The van der Waals surface area contributed by atoms with Crippen molar-refractivity contribution < 1.29 is 4.79 Å². The van der Waals surface area contributed by atoms with Crippen molar-refractivity contribution in [3.8, 4) is 0 Å². The van der Waals surface area contributed by atoms with E-state index < -0.39 is 0 Å². The number of benzene rings is 1. The lowest BCUT2D eigenvalue weighted by Crippen LogP contribution is -2.47. The van der Waals surface area contributed by atoms with Crippen molar-refractivity contribution in [3.63, 3.8) is 0 Å². The Labute approximate surface area is 179 Å². The van der Waals surface area contributed by atoms with E-state index in [9.17, 15) is 4.79 Å². The number of guanidine groups is 1. The van der Waals surface area contributed by atoms with Crippen LogP contribution in [0.2, 0.25) is 0 Å². The quantitative estimate of drug-likeness (QED) is 0.348. The summed E-state index contributed by atoms with van der Waals surface area (Å²) in [6.45, 7) is 5.09. The average molecular weight is 485 g/mol. The third kappa shape index (κ3) is 6.55. The molecule has 0 spiro atoms. The number of nitrogens with zero attached hydrogens (tertiary/aromatic N) is 2. The molecule has 1 heterocycles. The van der Waals surface area contributed by atoms with E-state index in [2.05, 4.69) is 57.0 Å². The highest BCUT2D eigenvalue weighted by Gasteiger charge is 2.19. The Morgan fingerprint density at radius 2 is 1.93 bits per heavy atom. The third-order valence-electron chi connectivity index (χ3n) is 5.38. The molecule has 1 saturated heterocycles. The minimum absolute atomic E-state index is 0. The zero-order chi connectivity index (χ0) is 18.4. The van der Waals surface area contributed by atoms with E-state index in [-0.39, 0.29) is 29.9 Å². The van der Waals surface area contributed by atoms with Crippen LogP contribution in [0.1, 0.15) is 38.2 Å². The first-order valence-corrected chi connectivity index (χ1v) is 9.72. The van der Waals surface area contributed by atoms with Gasteiger partial charge in [-0.3, -0.25) is 9.79 Å². The van der Waals surface area contributed by atoms with Crippen LogP contribution in [-0.4, -0.2) is 44.6 Å². The van der Waals surface area contributed by atoms with Crippen LogP contribution in [0.5, 0.6) is 0 Å². The van der Waals surface area contributed by atoms with Gasteiger partial charge in [0.2, 0.25) is 5.91 Å². The second-order valence-electron chi connectivity index (χ2n) is 7.46. The number of halogens is 1. The Morgan fingerprint density at radius 1 is 1.22 bits per heavy atom. The van der Waals surface area contributed by atoms with E-state index in [1.165, 1.54) is 31.2 Å². The van der Waals surface area contributed by atoms with Crippen LogP contribution in [-0.2, 0) is 11.3 Å². The number of hydrogen-bond donors (Lipinski definition) is 3. The van der Waals surface area contributed by atoms with E-state index >= 15 is 0 Å². The van der Waals surface area contributed by atoms with E-state index in [0.717, 1.165) is 30.7 Å². The molecule has 2 aliphatic rings. The van der Waals surface area contributed by atoms with Gasteiger partial charge >= 0.3 is 0 Å². The molecule has 1 amide bonds. The highest BCUT2D eigenvalue weighted by Crippen LogP contribution is 2.23. The molecule has 0 atom stereocenters. The average Bonchev–Trinajstić information content (AvgIpc) is 2.67. The summed E-state index contributed by atoms with van der Waals surface area (Å²) in [5, 5.41) is 9.82. The van der Waals surface area contributed by atoms with Crippen molar-refractivity contribution in [3.05, 3.63) is 29.8 Å². The minimum atomic E-state index is 0. The molecule has 1 aliphatic carbocycles. The summed E-state index contributed by atoms with van der Waals surface area (Å²) in [4.78, 5) is 18.0. The Bertz CT molecular complexity index is 626. The Balaban J connectivity index is 0.00000261. The third-order valence-corrected chi connectivity index (χ3v) is 5.38. The Hall–Kier alpha value is -1.51. The molecule has 7 heteroatoms. The highest BCUT2D eigenvalue weighted by atomic mass is 127. The first-order chi connectivity index (χ1) is 12.6. The minimum Gasteiger partial charge on any atom is -0.360 e. The first kappa shape index (κ1) is 21.8. The molecular weight excluding hydrogens is 453 g/mol. The first-order valence-electron chi connectivity index (χ1n) is 9.72. The summed E-state index contributed by atoms with van der Waals surface area (Å²) >= 11 is 0. The zero-order valence-corrected chi connectivity index (χ0v) is 18.7. The summed E-state index contributed by atoms with van der Waals surface area (Å²) in [6, 6.07) is 8.95. The summed E-state index contributed by atoms with van der Waals surface area (Å²) in [5.41, 5.74) is 2.30. The number of piperazine rings is 1. The van der Waals surface area contributed by atoms with Gasteiger partial charge in [-0.1, -0.05) is 19.1 Å². The molecule has 3 rings (SSSR count). The number of aliphatic imine (C=N–C) groups is 1. The molecule has 2 fully saturated rings. The van der Waals surface area contributed by atoms with Crippen LogP contribution < -0.4 is 20.9 Å². The van der Waals surface area contributed by atoms with Crippen LogP contribution in [0.3, 0.4) is 0 Å². The van der Waals surface area contributed by atoms with Crippen molar-refractivity contribution >= 4 is 41.5 Å². The molecule has 6 nitrogen and oxygen atoms in total. The molecule has 1 aromatic rings. The van der Waals surface area contributed by atoms with Crippen LogP contribution in [0.15, 0.2) is 29.3 Å². The predicted octanol–water partition coefficient (Wildman–Crippen LogP) is 2.48. The van der Waals surface area contributed by atoms with Gasteiger partial charge in [0.1, 0.15) is 0 Å². The lowest BCUT2D eigenvalue weighted by molar-refractivity contribution is -0.120. The number of rotatable bonds is 4. The van der Waals surface area contributed by atoms with Crippen molar-refractivity contribution in [2.45, 2.75) is 45.2 Å². The molecule has 27 heavy (non-hydrogen) atoms. The van der Waals surface area contributed by atoms with Crippen LogP contribution in [0, 0.1) is 5.92 Å². The monoisotopic (exact) mass is 485 g/mol. The van der Waals surface area contributed by atoms with Gasteiger partial charge in [0.05, 0.1) is 6.54 Å². The van der Waals surface area contributed by atoms with E-state index in [1.54, 1.807) is 0 Å². The van der Waals surface area contributed by atoms with E-state index in [4.69, 9.17) is 0 Å². The number of carbonyl (C=O) groups is 1. The predicted molar refractivity (Wildman–Crippen MR) is 122 cm³/mol. The molecular formula is C20H32IN5O. The van der Waals surface area contributed by atoms with Gasteiger partial charge in [-0.05, 0) is 49.3 Å². The summed E-state index contributed by atoms with van der Waals surface area (Å²) in [5.74, 6) is 1.82. The molecule has 1 saturated carbocycles. The maximum Gasteiger partial charge on any atom is 0.239 e. The molecule has 3 N–H and O–H groups in total. The molecule has 0 unspecified atom stereocenters. The molecule has 0 radical (unpaired) electrons. The van der Waals surface area contributed by atoms with Gasteiger partial charge in [0.15, 0.2) is 5.96 Å². The topological polar surface area (TPSA) is 68.8 Å². The highest BCUT2D eigenvalue weighted by molar-refractivity contribution is 14.0. The lowest BCUT2D eigenvalue weighted by Gasteiger charge is -2.29. The fourth-order valence-electron chi connectivity index (χ4n) is 3.66. The van der Waals surface area contributed by atoms with Gasteiger partial charge in [0.25, 0.3) is 0 Å². The van der Waals surface area contributed by atoms with Gasteiger partial charge in [-0.25, -0.2) is 0 Å². The normalized spacial score (nSPS) is 23.3. The van der Waals surface area contributed by atoms with Gasteiger partial charge < -0.3 is 20.9 Å². The summed E-state index contributed by atoms with van der Waals surface area (Å²) < 4.78 is 0. The number of nitrogens with one attached hydrogen (secondary N) is 3. The summed E-state index contributed by atoms with van der Waals surface area (Å²) in [7, 11) is 1.82. The number of hydrogen-bond acceptors (Lipinski definition) is 3. The second kappa shape index (κ2) is 10.7. The SMILES string of the molecule is CN=C(NCc1ccc(N2CCNC(=O)C2)cc1)NC1CCC(C)CC1.I. The van der Waals surface area contributed by atoms with Gasteiger partial charge in [-0.15, -0.1) is 24.0 Å². The Morgan fingerprint density at radius 3 is 2.56 bits per heavy atom. The van der Waals surface area contributed by atoms with E-state index in [1.807, 2.05) is 7.05 Å². The maximum absolute atomic E-state index is 11.5. The molecule has 150 valence electrons. The van der Waals surface area contributed by atoms with E-state index in [0.29, 0.717) is 19.1 Å². The van der Waals surface area contributed by atoms with Crippen molar-refractivity contribution in [2.75, 3.05) is 31.6 Å². The van der Waals surface area contributed by atoms with Crippen LogP contribution in [0.4, 0.5) is 5.69 Å².